The van der Waals surface area contributed by atoms with Gasteiger partial charge < -0.3 is 14.6 Å². The Bertz CT molecular complexity index is 904. The van der Waals surface area contributed by atoms with Crippen molar-refractivity contribution in [1.29, 1.82) is 0 Å². The van der Waals surface area contributed by atoms with Crippen LogP contribution < -0.4 is 9.47 Å². The molecule has 5 heteroatoms. The van der Waals surface area contributed by atoms with Gasteiger partial charge >= 0.3 is 0 Å². The molecule has 194 valence electrons. The molecular weight excluding hydrogens is 436 g/mol. The van der Waals surface area contributed by atoms with Crippen molar-refractivity contribution in [3.05, 3.63) is 59.2 Å². The molecule has 2 aromatic carbocycles. The monoisotopic (exact) mass is 482 g/mol. The molecule has 3 rings (SSSR count). The summed E-state index contributed by atoms with van der Waals surface area (Å²) in [5.74, 6) is 1.79. The van der Waals surface area contributed by atoms with E-state index in [-0.39, 0.29) is 0 Å². The molecular formula is C30H46N2O3. The fraction of sp³-hybridized carbons (Fsp3) is 0.600. The van der Waals surface area contributed by atoms with Crippen LogP contribution in [0.5, 0.6) is 11.5 Å². The van der Waals surface area contributed by atoms with E-state index in [0.717, 1.165) is 62.5 Å². The third-order valence-corrected chi connectivity index (χ3v) is 7.11. The molecule has 1 heterocycles. The molecule has 1 aliphatic heterocycles. The number of hydrogen-bond donors (Lipinski definition) is 1. The van der Waals surface area contributed by atoms with Gasteiger partial charge in [-0.1, -0.05) is 29.8 Å². The minimum atomic E-state index is -0.774. The number of ether oxygens (including phenoxy) is 2. The van der Waals surface area contributed by atoms with E-state index in [4.69, 9.17) is 9.47 Å². The van der Waals surface area contributed by atoms with Gasteiger partial charge in [-0.25, -0.2) is 0 Å². The lowest BCUT2D eigenvalue weighted by atomic mass is 9.96. The summed E-state index contributed by atoms with van der Waals surface area (Å²) in [6, 6.07) is 15.7. The fourth-order valence-corrected chi connectivity index (χ4v) is 5.04. The first kappa shape index (κ1) is 27.5. The molecule has 0 saturated carbocycles. The van der Waals surface area contributed by atoms with Gasteiger partial charge in [-0.3, -0.25) is 9.80 Å². The van der Waals surface area contributed by atoms with Gasteiger partial charge in [-0.2, -0.15) is 0 Å². The summed E-state index contributed by atoms with van der Waals surface area (Å²) < 4.78 is 12.0. The maximum Gasteiger partial charge on any atom is 0.122 e. The Hall–Kier alpha value is -2.08. The number of rotatable bonds is 11. The van der Waals surface area contributed by atoms with Crippen LogP contribution in [0.1, 0.15) is 63.6 Å². The van der Waals surface area contributed by atoms with Gasteiger partial charge in [0.25, 0.3) is 0 Å². The largest absolute Gasteiger partial charge is 0.492 e. The van der Waals surface area contributed by atoms with Gasteiger partial charge in [0.05, 0.1) is 5.60 Å². The van der Waals surface area contributed by atoms with Crippen molar-refractivity contribution in [2.45, 2.75) is 85.0 Å². The third-order valence-electron chi connectivity index (χ3n) is 7.11. The molecule has 1 fully saturated rings. The van der Waals surface area contributed by atoms with E-state index in [2.05, 4.69) is 87.7 Å². The Labute approximate surface area is 213 Å². The van der Waals surface area contributed by atoms with Crippen LogP contribution in [-0.2, 0) is 6.54 Å². The Morgan fingerprint density at radius 1 is 0.943 bits per heavy atom. The van der Waals surface area contributed by atoms with Crippen LogP contribution in [0, 0.1) is 13.8 Å². The lowest BCUT2D eigenvalue weighted by Gasteiger charge is -2.30. The number of aryl methyl sites for hydroxylation is 2. The number of likely N-dealkylation sites (tertiary alicyclic amines) is 1. The quantitative estimate of drug-likeness (QED) is 0.452. The number of aliphatic hydroxyl groups is 1. The lowest BCUT2D eigenvalue weighted by molar-refractivity contribution is -0.0170. The van der Waals surface area contributed by atoms with E-state index in [1.165, 1.54) is 11.1 Å². The third kappa shape index (κ3) is 8.52. The Morgan fingerprint density at radius 3 is 2.31 bits per heavy atom. The fourth-order valence-electron chi connectivity index (χ4n) is 5.04. The molecule has 0 amide bonds. The standard InChI is InChI=1S/C30H46N2O3/c1-23(2)32(24(3)4)18-19-34-28-11-9-27(10-12-28)21-31-16-7-14-30(33,15-17-31)22-35-29-13-8-25(5)20-26(29)6/h8-13,20,23-24,33H,7,14-19,21-22H2,1-6H3. The summed E-state index contributed by atoms with van der Waals surface area (Å²) in [5, 5.41) is 11.2. The van der Waals surface area contributed by atoms with Gasteiger partial charge in [0.1, 0.15) is 24.7 Å². The zero-order valence-corrected chi connectivity index (χ0v) is 22.7. The topological polar surface area (TPSA) is 45.2 Å². The predicted molar refractivity (Wildman–Crippen MR) is 144 cm³/mol. The van der Waals surface area contributed by atoms with Crippen LogP contribution in [0.25, 0.3) is 0 Å². The summed E-state index contributed by atoms with van der Waals surface area (Å²) in [6.07, 6.45) is 2.46. The van der Waals surface area contributed by atoms with Gasteiger partial charge in [-0.05, 0) is 96.7 Å². The van der Waals surface area contributed by atoms with E-state index in [1.54, 1.807) is 0 Å². The average Bonchev–Trinajstić information content (AvgIpc) is 2.98. The van der Waals surface area contributed by atoms with Crippen molar-refractivity contribution >= 4 is 0 Å². The Morgan fingerprint density at radius 2 is 1.66 bits per heavy atom. The van der Waals surface area contributed by atoms with E-state index < -0.39 is 5.60 Å². The average molecular weight is 483 g/mol. The van der Waals surface area contributed by atoms with Crippen molar-refractivity contribution in [3.8, 4) is 11.5 Å². The molecule has 5 nitrogen and oxygen atoms in total. The molecule has 0 aromatic heterocycles. The molecule has 1 N–H and O–H groups in total. The molecule has 35 heavy (non-hydrogen) atoms. The molecule has 0 aliphatic carbocycles. The van der Waals surface area contributed by atoms with Crippen LogP contribution in [0.3, 0.4) is 0 Å². The minimum Gasteiger partial charge on any atom is -0.492 e. The van der Waals surface area contributed by atoms with Gasteiger partial charge in [0, 0.05) is 31.7 Å². The first-order valence-corrected chi connectivity index (χ1v) is 13.3. The second-order valence-electron chi connectivity index (χ2n) is 10.8. The SMILES string of the molecule is Cc1ccc(OCC2(O)CCCN(Cc3ccc(OCCN(C(C)C)C(C)C)cc3)CC2)c(C)c1. The van der Waals surface area contributed by atoms with Crippen LogP contribution in [0.4, 0.5) is 0 Å². The second-order valence-corrected chi connectivity index (χ2v) is 10.8. The molecule has 2 aromatic rings. The summed E-state index contributed by atoms with van der Waals surface area (Å²) >= 11 is 0. The molecule has 1 aliphatic rings. The number of benzene rings is 2. The molecule has 0 bridgehead atoms. The first-order valence-electron chi connectivity index (χ1n) is 13.3. The van der Waals surface area contributed by atoms with E-state index in [9.17, 15) is 5.11 Å². The van der Waals surface area contributed by atoms with E-state index in [0.29, 0.717) is 25.3 Å². The van der Waals surface area contributed by atoms with E-state index in [1.807, 2.05) is 6.07 Å². The van der Waals surface area contributed by atoms with Gasteiger partial charge in [-0.15, -0.1) is 0 Å². The highest BCUT2D eigenvalue weighted by Crippen LogP contribution is 2.27. The number of hydrogen-bond acceptors (Lipinski definition) is 5. The number of nitrogens with zero attached hydrogens (tertiary/aromatic N) is 2. The highest BCUT2D eigenvalue weighted by molar-refractivity contribution is 5.35. The Balaban J connectivity index is 1.45. The zero-order chi connectivity index (χ0) is 25.4. The second kappa shape index (κ2) is 12.8. The molecule has 0 spiro atoms. The van der Waals surface area contributed by atoms with Crippen LogP contribution in [-0.4, -0.2) is 65.4 Å². The van der Waals surface area contributed by atoms with Gasteiger partial charge in [0.15, 0.2) is 0 Å². The van der Waals surface area contributed by atoms with Crippen molar-refractivity contribution < 1.29 is 14.6 Å². The van der Waals surface area contributed by atoms with Crippen molar-refractivity contribution in [1.82, 2.24) is 9.80 Å². The van der Waals surface area contributed by atoms with E-state index >= 15 is 0 Å². The minimum absolute atomic E-state index is 0.349. The van der Waals surface area contributed by atoms with Crippen molar-refractivity contribution in [2.75, 3.05) is 32.8 Å². The normalized spacial score (nSPS) is 19.4. The molecule has 1 saturated heterocycles. The van der Waals surface area contributed by atoms with Crippen molar-refractivity contribution in [3.63, 3.8) is 0 Å². The van der Waals surface area contributed by atoms with Crippen LogP contribution in [0.15, 0.2) is 42.5 Å². The highest BCUT2D eigenvalue weighted by Gasteiger charge is 2.31. The zero-order valence-electron chi connectivity index (χ0n) is 22.7. The first-order chi connectivity index (χ1) is 16.6. The predicted octanol–water partition coefficient (Wildman–Crippen LogP) is 5.60. The van der Waals surface area contributed by atoms with Crippen LogP contribution in [0.2, 0.25) is 0 Å². The molecule has 1 atom stereocenters. The summed E-state index contributed by atoms with van der Waals surface area (Å²) in [7, 11) is 0. The Kier molecular flexibility index (Phi) is 10.0. The summed E-state index contributed by atoms with van der Waals surface area (Å²) in [5.41, 5.74) is 2.85. The maximum absolute atomic E-state index is 11.2. The molecule has 1 unspecified atom stereocenters. The molecule has 0 radical (unpaired) electrons. The summed E-state index contributed by atoms with van der Waals surface area (Å²) in [6.45, 7) is 17.8. The smallest absolute Gasteiger partial charge is 0.122 e. The maximum atomic E-state index is 11.2. The summed E-state index contributed by atoms with van der Waals surface area (Å²) in [4.78, 5) is 4.88. The lowest BCUT2D eigenvalue weighted by Crippen LogP contribution is -2.39. The van der Waals surface area contributed by atoms with Gasteiger partial charge in [0.2, 0.25) is 0 Å². The highest BCUT2D eigenvalue weighted by atomic mass is 16.5. The van der Waals surface area contributed by atoms with Crippen LogP contribution >= 0.6 is 0 Å². The van der Waals surface area contributed by atoms with Crippen molar-refractivity contribution in [2.24, 2.45) is 0 Å².